The van der Waals surface area contributed by atoms with Crippen molar-refractivity contribution in [3.05, 3.63) is 58.9 Å². The Hall–Kier alpha value is -2.17. The molecule has 100 valence electrons. The van der Waals surface area contributed by atoms with Gasteiger partial charge in [0.25, 0.3) is 5.91 Å². The standard InChI is InChI=1S/C14H14F2N2O/c1-9-6-7-10(18(9)2)8-17-14(19)13-11(15)4-3-5-12(13)16/h3-7H,8H2,1-2H3,(H,17,19). The molecule has 1 aromatic heterocycles. The Morgan fingerprint density at radius 3 is 2.37 bits per heavy atom. The van der Waals surface area contributed by atoms with E-state index >= 15 is 0 Å². The number of aryl methyl sites for hydroxylation is 1. The van der Waals surface area contributed by atoms with E-state index in [0.29, 0.717) is 0 Å². The van der Waals surface area contributed by atoms with Crippen molar-refractivity contribution in [1.82, 2.24) is 9.88 Å². The van der Waals surface area contributed by atoms with Crippen LogP contribution in [0.5, 0.6) is 0 Å². The first-order chi connectivity index (χ1) is 9.00. The molecule has 0 spiro atoms. The van der Waals surface area contributed by atoms with Gasteiger partial charge in [0.1, 0.15) is 17.2 Å². The van der Waals surface area contributed by atoms with Crippen LogP contribution < -0.4 is 5.32 Å². The number of rotatable bonds is 3. The Morgan fingerprint density at radius 1 is 1.21 bits per heavy atom. The topological polar surface area (TPSA) is 34.0 Å². The number of halogens is 2. The molecule has 0 aliphatic heterocycles. The van der Waals surface area contributed by atoms with E-state index in [9.17, 15) is 13.6 Å². The highest BCUT2D eigenvalue weighted by Gasteiger charge is 2.16. The lowest BCUT2D eigenvalue weighted by molar-refractivity contribution is 0.0941. The average Bonchev–Trinajstić information content (AvgIpc) is 2.67. The molecule has 0 radical (unpaired) electrons. The summed E-state index contributed by atoms with van der Waals surface area (Å²) in [5, 5.41) is 2.51. The van der Waals surface area contributed by atoms with Crippen LogP contribution in [0.4, 0.5) is 8.78 Å². The SMILES string of the molecule is Cc1ccc(CNC(=O)c2c(F)cccc2F)n1C. The van der Waals surface area contributed by atoms with Crippen LogP contribution in [0, 0.1) is 18.6 Å². The number of nitrogens with zero attached hydrogens (tertiary/aromatic N) is 1. The maximum Gasteiger partial charge on any atom is 0.257 e. The summed E-state index contributed by atoms with van der Waals surface area (Å²) in [6.07, 6.45) is 0. The number of carbonyl (C=O) groups excluding carboxylic acids is 1. The summed E-state index contributed by atoms with van der Waals surface area (Å²) in [6.45, 7) is 2.15. The van der Waals surface area contributed by atoms with Crippen LogP contribution >= 0.6 is 0 Å². The molecular weight excluding hydrogens is 250 g/mol. The van der Waals surface area contributed by atoms with Gasteiger partial charge in [-0.25, -0.2) is 8.78 Å². The lowest BCUT2D eigenvalue weighted by Gasteiger charge is -2.08. The predicted octanol–water partition coefficient (Wildman–Crippen LogP) is 2.54. The van der Waals surface area contributed by atoms with Gasteiger partial charge in [-0.15, -0.1) is 0 Å². The summed E-state index contributed by atoms with van der Waals surface area (Å²) in [5.74, 6) is -2.48. The lowest BCUT2D eigenvalue weighted by atomic mass is 10.2. The molecule has 1 aromatic carbocycles. The second kappa shape index (κ2) is 5.22. The van der Waals surface area contributed by atoms with E-state index in [2.05, 4.69) is 5.32 Å². The second-order valence-electron chi connectivity index (χ2n) is 4.30. The van der Waals surface area contributed by atoms with Crippen molar-refractivity contribution in [2.75, 3.05) is 0 Å². The minimum atomic E-state index is -0.861. The Morgan fingerprint density at radius 2 is 1.84 bits per heavy atom. The zero-order valence-electron chi connectivity index (χ0n) is 10.7. The fraction of sp³-hybridized carbons (Fsp3) is 0.214. The van der Waals surface area contributed by atoms with Gasteiger partial charge in [0.05, 0.1) is 6.54 Å². The van der Waals surface area contributed by atoms with Gasteiger partial charge >= 0.3 is 0 Å². The van der Waals surface area contributed by atoms with Crippen LogP contribution in [0.3, 0.4) is 0 Å². The predicted molar refractivity (Wildman–Crippen MR) is 67.7 cm³/mol. The molecule has 1 amide bonds. The number of benzene rings is 1. The molecule has 5 heteroatoms. The van der Waals surface area contributed by atoms with Crippen molar-refractivity contribution in [2.45, 2.75) is 13.5 Å². The molecule has 0 unspecified atom stereocenters. The summed E-state index contributed by atoms with van der Waals surface area (Å²) < 4.78 is 28.7. The Kier molecular flexibility index (Phi) is 3.64. The number of nitrogens with one attached hydrogen (secondary N) is 1. The van der Waals surface area contributed by atoms with E-state index in [1.807, 2.05) is 30.7 Å². The first-order valence-corrected chi connectivity index (χ1v) is 5.84. The normalized spacial score (nSPS) is 10.5. The average molecular weight is 264 g/mol. The number of aromatic nitrogens is 1. The molecule has 0 atom stereocenters. The third kappa shape index (κ3) is 2.65. The minimum Gasteiger partial charge on any atom is -0.350 e. The van der Waals surface area contributed by atoms with Crippen molar-refractivity contribution in [3.8, 4) is 0 Å². The van der Waals surface area contributed by atoms with Crippen molar-refractivity contribution in [3.63, 3.8) is 0 Å². The Bertz CT molecular complexity index is 600. The maximum atomic E-state index is 13.4. The van der Waals surface area contributed by atoms with Gasteiger partial charge in [0.15, 0.2) is 0 Å². The van der Waals surface area contributed by atoms with E-state index in [4.69, 9.17) is 0 Å². The zero-order valence-corrected chi connectivity index (χ0v) is 10.7. The van der Waals surface area contributed by atoms with Gasteiger partial charge in [-0.05, 0) is 31.2 Å². The Balaban J connectivity index is 2.12. The quantitative estimate of drug-likeness (QED) is 0.908. The lowest BCUT2D eigenvalue weighted by Crippen LogP contribution is -2.26. The Labute approximate surface area is 109 Å². The fourth-order valence-corrected chi connectivity index (χ4v) is 1.82. The highest BCUT2D eigenvalue weighted by Crippen LogP contribution is 2.12. The molecule has 2 rings (SSSR count). The smallest absolute Gasteiger partial charge is 0.257 e. The summed E-state index contributed by atoms with van der Waals surface area (Å²) in [5.41, 5.74) is 1.36. The molecule has 0 saturated carbocycles. The van der Waals surface area contributed by atoms with Crippen LogP contribution in [0.15, 0.2) is 30.3 Å². The first-order valence-electron chi connectivity index (χ1n) is 5.84. The molecule has 0 fully saturated rings. The van der Waals surface area contributed by atoms with E-state index in [1.165, 1.54) is 6.07 Å². The van der Waals surface area contributed by atoms with Gasteiger partial charge < -0.3 is 9.88 Å². The molecule has 0 saturated heterocycles. The molecule has 0 aliphatic carbocycles. The van der Waals surface area contributed by atoms with Crippen LogP contribution in [0.2, 0.25) is 0 Å². The van der Waals surface area contributed by atoms with Gasteiger partial charge in [0, 0.05) is 18.4 Å². The van der Waals surface area contributed by atoms with Crippen LogP contribution in [0.25, 0.3) is 0 Å². The van der Waals surface area contributed by atoms with Crippen LogP contribution in [-0.2, 0) is 13.6 Å². The highest BCUT2D eigenvalue weighted by molar-refractivity contribution is 5.94. The third-order valence-corrected chi connectivity index (χ3v) is 3.10. The van der Waals surface area contributed by atoms with Crippen LogP contribution in [-0.4, -0.2) is 10.5 Å². The van der Waals surface area contributed by atoms with Crippen molar-refractivity contribution in [1.29, 1.82) is 0 Å². The monoisotopic (exact) mass is 264 g/mol. The molecule has 19 heavy (non-hydrogen) atoms. The minimum absolute atomic E-state index is 0.219. The van der Waals surface area contributed by atoms with E-state index in [-0.39, 0.29) is 6.54 Å². The molecule has 0 aliphatic rings. The fourth-order valence-electron chi connectivity index (χ4n) is 1.82. The number of hydrogen-bond donors (Lipinski definition) is 1. The van der Waals surface area contributed by atoms with Gasteiger partial charge in [-0.1, -0.05) is 6.07 Å². The van der Waals surface area contributed by atoms with Crippen molar-refractivity contribution in [2.24, 2.45) is 7.05 Å². The molecule has 3 nitrogen and oxygen atoms in total. The van der Waals surface area contributed by atoms with Crippen molar-refractivity contribution < 1.29 is 13.6 Å². The van der Waals surface area contributed by atoms with E-state index < -0.39 is 23.1 Å². The number of carbonyl (C=O) groups is 1. The van der Waals surface area contributed by atoms with E-state index in [1.54, 1.807) is 0 Å². The zero-order chi connectivity index (χ0) is 14.0. The molecular formula is C14H14F2N2O. The van der Waals surface area contributed by atoms with Gasteiger partial charge in [0.2, 0.25) is 0 Å². The van der Waals surface area contributed by atoms with Crippen molar-refractivity contribution >= 4 is 5.91 Å². The summed E-state index contributed by atoms with van der Waals surface area (Å²) in [7, 11) is 1.86. The first kappa shape index (κ1) is 13.3. The largest absolute Gasteiger partial charge is 0.350 e. The van der Waals surface area contributed by atoms with Crippen LogP contribution in [0.1, 0.15) is 21.7 Å². The molecule has 0 bridgehead atoms. The van der Waals surface area contributed by atoms with Gasteiger partial charge in [-0.2, -0.15) is 0 Å². The molecule has 1 heterocycles. The highest BCUT2D eigenvalue weighted by atomic mass is 19.1. The molecule has 2 aromatic rings. The summed E-state index contributed by atoms with van der Waals surface area (Å²) in [4.78, 5) is 11.8. The maximum absolute atomic E-state index is 13.4. The summed E-state index contributed by atoms with van der Waals surface area (Å²) >= 11 is 0. The number of hydrogen-bond acceptors (Lipinski definition) is 1. The third-order valence-electron chi connectivity index (χ3n) is 3.10. The van der Waals surface area contributed by atoms with Gasteiger partial charge in [-0.3, -0.25) is 4.79 Å². The number of amides is 1. The second-order valence-corrected chi connectivity index (χ2v) is 4.30. The molecule has 1 N–H and O–H groups in total. The summed E-state index contributed by atoms with van der Waals surface area (Å²) in [6, 6.07) is 7.11. The van der Waals surface area contributed by atoms with E-state index in [0.717, 1.165) is 23.5 Å².